The molecule has 0 unspecified atom stereocenters. The Morgan fingerprint density at radius 2 is 1.71 bits per heavy atom. The molecule has 5 nitrogen and oxygen atoms in total. The molecule has 2 aromatic carbocycles. The van der Waals surface area contributed by atoms with Crippen LogP contribution in [-0.4, -0.2) is 15.8 Å². The first-order valence-corrected chi connectivity index (χ1v) is 9.04. The molecule has 0 aliphatic carbocycles. The van der Waals surface area contributed by atoms with E-state index in [0.29, 0.717) is 23.1 Å². The van der Waals surface area contributed by atoms with E-state index in [1.54, 1.807) is 41.6 Å². The van der Waals surface area contributed by atoms with Crippen molar-refractivity contribution in [3.8, 4) is 0 Å². The van der Waals surface area contributed by atoms with Gasteiger partial charge in [-0.15, -0.1) is 0 Å². The lowest BCUT2D eigenvalue weighted by Crippen LogP contribution is -2.29. The zero-order valence-corrected chi connectivity index (χ0v) is 14.9. The van der Waals surface area contributed by atoms with E-state index in [-0.39, 0.29) is 17.1 Å². The predicted molar refractivity (Wildman–Crippen MR) is 105 cm³/mol. The van der Waals surface area contributed by atoms with Crippen molar-refractivity contribution in [2.75, 3.05) is 0 Å². The summed E-state index contributed by atoms with van der Waals surface area (Å²) in [6, 6.07) is 19.9. The Labute approximate surface area is 160 Å². The Kier molecular flexibility index (Phi) is 3.79. The van der Waals surface area contributed by atoms with Gasteiger partial charge in [0, 0.05) is 18.9 Å². The third kappa shape index (κ3) is 2.52. The van der Waals surface area contributed by atoms with Crippen molar-refractivity contribution in [1.29, 1.82) is 0 Å². The minimum Gasteiger partial charge on any atom is -0.450 e. The smallest absolute Gasteiger partial charge is 0.291 e. The largest absolute Gasteiger partial charge is 0.450 e. The molecule has 1 amide bonds. The number of aromatic nitrogens is 1. The quantitative estimate of drug-likeness (QED) is 0.550. The molecule has 1 aliphatic heterocycles. The van der Waals surface area contributed by atoms with Gasteiger partial charge >= 0.3 is 0 Å². The molecular weight excluding hydrogens is 352 g/mol. The molecule has 136 valence electrons. The summed E-state index contributed by atoms with van der Waals surface area (Å²) < 4.78 is 5.91. The zero-order chi connectivity index (χ0) is 19.1. The van der Waals surface area contributed by atoms with Crippen LogP contribution in [0.1, 0.15) is 33.3 Å². The molecule has 1 atom stereocenters. The summed E-state index contributed by atoms with van der Waals surface area (Å²) in [5.41, 5.74) is 2.43. The number of nitrogens with zero attached hydrogens (tertiary/aromatic N) is 2. The van der Waals surface area contributed by atoms with Gasteiger partial charge in [0.15, 0.2) is 5.43 Å². The maximum atomic E-state index is 13.3. The highest BCUT2D eigenvalue weighted by Gasteiger charge is 2.42. The molecule has 28 heavy (non-hydrogen) atoms. The van der Waals surface area contributed by atoms with Gasteiger partial charge in [0.05, 0.1) is 17.0 Å². The van der Waals surface area contributed by atoms with Crippen molar-refractivity contribution in [3.05, 3.63) is 112 Å². The second-order valence-corrected chi connectivity index (χ2v) is 6.78. The van der Waals surface area contributed by atoms with E-state index in [1.807, 2.05) is 42.5 Å². The number of rotatable bonds is 3. The molecule has 0 radical (unpaired) electrons. The molecule has 2 aromatic heterocycles. The molecule has 0 N–H and O–H groups in total. The van der Waals surface area contributed by atoms with Crippen LogP contribution >= 0.6 is 0 Å². The van der Waals surface area contributed by atoms with Gasteiger partial charge in [-0.2, -0.15) is 0 Å². The van der Waals surface area contributed by atoms with Crippen LogP contribution in [0.25, 0.3) is 11.0 Å². The molecule has 0 spiro atoms. The van der Waals surface area contributed by atoms with Crippen molar-refractivity contribution in [2.45, 2.75) is 12.6 Å². The number of carbonyl (C=O) groups excluding carboxylic acids is 1. The van der Waals surface area contributed by atoms with Crippen molar-refractivity contribution >= 4 is 16.9 Å². The first-order chi connectivity index (χ1) is 13.7. The predicted octanol–water partition coefficient (Wildman–Crippen LogP) is 3.93. The second-order valence-electron chi connectivity index (χ2n) is 6.78. The SMILES string of the molecule is O=C1c2oc3ccccc3c(=O)c2[C@@H](c2ccccc2)N1Cc1cccnc1. The summed E-state index contributed by atoms with van der Waals surface area (Å²) in [5.74, 6) is -0.156. The summed E-state index contributed by atoms with van der Waals surface area (Å²) in [7, 11) is 0. The highest BCUT2D eigenvalue weighted by Crippen LogP contribution is 2.38. The van der Waals surface area contributed by atoms with Crippen LogP contribution in [0.15, 0.2) is 88.3 Å². The zero-order valence-electron chi connectivity index (χ0n) is 14.9. The van der Waals surface area contributed by atoms with E-state index >= 15 is 0 Å². The van der Waals surface area contributed by atoms with Gasteiger partial charge in [-0.3, -0.25) is 14.6 Å². The fraction of sp³-hybridized carbons (Fsp3) is 0.0870. The van der Waals surface area contributed by atoms with E-state index < -0.39 is 6.04 Å². The molecule has 4 aromatic rings. The lowest BCUT2D eigenvalue weighted by molar-refractivity contribution is 0.0714. The number of hydrogen-bond acceptors (Lipinski definition) is 4. The fourth-order valence-electron chi connectivity index (χ4n) is 3.80. The topological polar surface area (TPSA) is 63.4 Å². The van der Waals surface area contributed by atoms with Crippen LogP contribution in [0.3, 0.4) is 0 Å². The first-order valence-electron chi connectivity index (χ1n) is 9.04. The first kappa shape index (κ1) is 16.4. The number of amides is 1. The number of benzene rings is 2. The Hall–Kier alpha value is -3.73. The van der Waals surface area contributed by atoms with E-state index in [9.17, 15) is 9.59 Å². The summed E-state index contributed by atoms with van der Waals surface area (Å²) in [6.45, 7) is 0.340. The van der Waals surface area contributed by atoms with Crippen LogP contribution < -0.4 is 5.43 Å². The monoisotopic (exact) mass is 368 g/mol. The van der Waals surface area contributed by atoms with Crippen molar-refractivity contribution in [2.24, 2.45) is 0 Å². The summed E-state index contributed by atoms with van der Waals surface area (Å²) in [5, 5.41) is 0.484. The number of carbonyl (C=O) groups is 1. The third-order valence-electron chi connectivity index (χ3n) is 5.06. The molecule has 0 saturated carbocycles. The molecule has 1 aliphatic rings. The van der Waals surface area contributed by atoms with Crippen molar-refractivity contribution in [1.82, 2.24) is 9.88 Å². The summed E-state index contributed by atoms with van der Waals surface area (Å²) in [6.07, 6.45) is 3.42. The Balaban J connectivity index is 1.74. The van der Waals surface area contributed by atoms with Crippen LogP contribution in [0.2, 0.25) is 0 Å². The number of fused-ring (bicyclic) bond motifs is 2. The molecule has 0 fully saturated rings. The van der Waals surface area contributed by atoms with E-state index in [4.69, 9.17) is 4.42 Å². The average molecular weight is 368 g/mol. The molecular formula is C23H16N2O3. The lowest BCUT2D eigenvalue weighted by Gasteiger charge is -2.25. The van der Waals surface area contributed by atoms with Gasteiger partial charge < -0.3 is 9.32 Å². The van der Waals surface area contributed by atoms with Gasteiger partial charge in [-0.1, -0.05) is 48.5 Å². The van der Waals surface area contributed by atoms with Crippen LogP contribution in [0.5, 0.6) is 0 Å². The van der Waals surface area contributed by atoms with Crippen LogP contribution in [0, 0.1) is 0 Å². The molecule has 5 rings (SSSR count). The van der Waals surface area contributed by atoms with E-state index in [1.165, 1.54) is 0 Å². The Bertz CT molecular complexity index is 1230. The minimum absolute atomic E-state index is 0.126. The minimum atomic E-state index is -0.496. The van der Waals surface area contributed by atoms with Crippen molar-refractivity contribution in [3.63, 3.8) is 0 Å². The Morgan fingerprint density at radius 3 is 2.50 bits per heavy atom. The normalized spacial score (nSPS) is 15.8. The highest BCUT2D eigenvalue weighted by atomic mass is 16.3. The van der Waals surface area contributed by atoms with Gasteiger partial charge in [-0.05, 0) is 29.3 Å². The third-order valence-corrected chi connectivity index (χ3v) is 5.06. The van der Waals surface area contributed by atoms with E-state index in [0.717, 1.165) is 11.1 Å². The molecule has 0 saturated heterocycles. The average Bonchev–Trinajstić information content (AvgIpc) is 3.02. The Morgan fingerprint density at radius 1 is 0.929 bits per heavy atom. The molecule has 0 bridgehead atoms. The van der Waals surface area contributed by atoms with E-state index in [2.05, 4.69) is 4.98 Å². The van der Waals surface area contributed by atoms with Crippen LogP contribution in [0.4, 0.5) is 0 Å². The summed E-state index contributed by atoms with van der Waals surface area (Å²) >= 11 is 0. The van der Waals surface area contributed by atoms with Gasteiger partial charge in [0.25, 0.3) is 5.91 Å². The maximum absolute atomic E-state index is 13.3. The number of pyridine rings is 1. The molecule has 5 heteroatoms. The van der Waals surface area contributed by atoms with Gasteiger partial charge in [-0.25, -0.2) is 0 Å². The molecule has 3 heterocycles. The van der Waals surface area contributed by atoms with Crippen LogP contribution in [-0.2, 0) is 6.54 Å². The van der Waals surface area contributed by atoms with Crippen molar-refractivity contribution < 1.29 is 9.21 Å². The maximum Gasteiger partial charge on any atom is 0.291 e. The summed E-state index contributed by atoms with van der Waals surface area (Å²) in [4.78, 5) is 32.4. The lowest BCUT2D eigenvalue weighted by atomic mass is 9.98. The standard InChI is InChI=1S/C23H16N2O3/c26-21-17-10-4-5-11-18(17)28-22-19(21)20(16-8-2-1-3-9-16)25(23(22)27)14-15-7-6-12-24-13-15/h1-13,20H,14H2/t20-/m1/s1. The fourth-order valence-corrected chi connectivity index (χ4v) is 3.80. The number of para-hydroxylation sites is 1. The van der Waals surface area contributed by atoms with Gasteiger partial charge in [0.1, 0.15) is 5.58 Å². The van der Waals surface area contributed by atoms with Gasteiger partial charge in [0.2, 0.25) is 5.76 Å². The second kappa shape index (κ2) is 6.46. The highest BCUT2D eigenvalue weighted by molar-refractivity contribution is 5.99. The number of hydrogen-bond donors (Lipinski definition) is 0.